The highest BCUT2D eigenvalue weighted by molar-refractivity contribution is 5.98. The average Bonchev–Trinajstić information content (AvgIpc) is 2.90. The van der Waals surface area contributed by atoms with Crippen molar-refractivity contribution in [2.45, 2.75) is 25.7 Å². The smallest absolute Gasteiger partial charge is 0.169 e. The lowest BCUT2D eigenvalue weighted by atomic mass is 9.83. The Labute approximate surface area is 94.7 Å². The number of hydrogen-bond acceptors (Lipinski definition) is 1. The SMILES string of the molecule is O=C(c1ccccc1F)[C@H]1C[C@H]2CC[C@@H]1C2. The number of halogens is 1. The molecule has 2 fully saturated rings. The van der Waals surface area contributed by atoms with Crippen LogP contribution in [0.5, 0.6) is 0 Å². The molecule has 2 heteroatoms. The van der Waals surface area contributed by atoms with Gasteiger partial charge in [-0.1, -0.05) is 18.6 Å². The van der Waals surface area contributed by atoms with Crippen molar-refractivity contribution < 1.29 is 9.18 Å². The summed E-state index contributed by atoms with van der Waals surface area (Å²) in [6.45, 7) is 0. The predicted octanol–water partition coefficient (Wildman–Crippen LogP) is 3.44. The first kappa shape index (κ1) is 10.0. The van der Waals surface area contributed by atoms with Crippen molar-refractivity contribution in [2.24, 2.45) is 17.8 Å². The van der Waals surface area contributed by atoms with E-state index < -0.39 is 0 Å². The summed E-state index contributed by atoms with van der Waals surface area (Å²) in [7, 11) is 0. The number of hydrogen-bond donors (Lipinski definition) is 0. The summed E-state index contributed by atoms with van der Waals surface area (Å²) in [5, 5.41) is 0. The molecule has 1 nitrogen and oxygen atoms in total. The molecule has 2 bridgehead atoms. The second-order valence-corrected chi connectivity index (χ2v) is 5.13. The highest BCUT2D eigenvalue weighted by atomic mass is 19.1. The van der Waals surface area contributed by atoms with E-state index in [2.05, 4.69) is 0 Å². The maximum absolute atomic E-state index is 13.5. The first-order valence-electron chi connectivity index (χ1n) is 6.04. The molecular weight excluding hydrogens is 203 g/mol. The molecule has 0 aliphatic heterocycles. The Morgan fingerprint density at radius 2 is 2.00 bits per heavy atom. The molecule has 1 aromatic carbocycles. The van der Waals surface area contributed by atoms with Crippen LogP contribution in [-0.4, -0.2) is 5.78 Å². The molecular formula is C14H15FO. The predicted molar refractivity (Wildman–Crippen MR) is 59.7 cm³/mol. The maximum atomic E-state index is 13.5. The van der Waals surface area contributed by atoms with Crippen LogP contribution in [0.1, 0.15) is 36.0 Å². The van der Waals surface area contributed by atoms with Gasteiger partial charge in [-0.25, -0.2) is 4.39 Å². The summed E-state index contributed by atoms with van der Waals surface area (Å²) in [6, 6.07) is 6.36. The number of ketones is 1. The molecule has 0 aromatic heterocycles. The van der Waals surface area contributed by atoms with E-state index in [4.69, 9.17) is 0 Å². The summed E-state index contributed by atoms with van der Waals surface area (Å²) >= 11 is 0. The van der Waals surface area contributed by atoms with Crippen LogP contribution in [0.15, 0.2) is 24.3 Å². The van der Waals surface area contributed by atoms with Crippen LogP contribution in [0.4, 0.5) is 4.39 Å². The van der Waals surface area contributed by atoms with Crippen LogP contribution in [0.3, 0.4) is 0 Å². The fourth-order valence-corrected chi connectivity index (χ4v) is 3.43. The second kappa shape index (κ2) is 3.69. The van der Waals surface area contributed by atoms with E-state index in [-0.39, 0.29) is 17.5 Å². The monoisotopic (exact) mass is 218 g/mol. The molecule has 16 heavy (non-hydrogen) atoms. The topological polar surface area (TPSA) is 17.1 Å². The van der Waals surface area contributed by atoms with E-state index in [1.54, 1.807) is 18.2 Å². The summed E-state index contributed by atoms with van der Waals surface area (Å²) in [6.07, 6.45) is 4.60. The van der Waals surface area contributed by atoms with Gasteiger partial charge in [0.2, 0.25) is 0 Å². The minimum absolute atomic E-state index is 0.0327. The highest BCUT2D eigenvalue weighted by Crippen LogP contribution is 2.49. The molecule has 0 radical (unpaired) electrons. The second-order valence-electron chi connectivity index (χ2n) is 5.13. The molecule has 0 N–H and O–H groups in total. The molecule has 0 spiro atoms. The molecule has 3 rings (SSSR count). The number of carbonyl (C=O) groups excluding carboxylic acids is 1. The van der Waals surface area contributed by atoms with Crippen molar-refractivity contribution in [1.29, 1.82) is 0 Å². The summed E-state index contributed by atoms with van der Waals surface area (Å²) in [4.78, 5) is 12.2. The van der Waals surface area contributed by atoms with Gasteiger partial charge in [0.1, 0.15) is 5.82 Å². The first-order valence-corrected chi connectivity index (χ1v) is 6.04. The number of Topliss-reactive ketones (excluding diaryl/α,β-unsaturated/α-hetero) is 1. The Balaban J connectivity index is 1.86. The quantitative estimate of drug-likeness (QED) is 0.695. The zero-order valence-electron chi connectivity index (χ0n) is 9.16. The van der Waals surface area contributed by atoms with E-state index in [1.165, 1.54) is 18.9 Å². The van der Waals surface area contributed by atoms with E-state index in [0.717, 1.165) is 18.8 Å². The maximum Gasteiger partial charge on any atom is 0.169 e. The van der Waals surface area contributed by atoms with Gasteiger partial charge in [-0.15, -0.1) is 0 Å². The molecule has 0 amide bonds. The summed E-state index contributed by atoms with van der Waals surface area (Å²) in [5.41, 5.74) is 0.292. The van der Waals surface area contributed by atoms with Gasteiger partial charge in [-0.2, -0.15) is 0 Å². The third-order valence-electron chi connectivity index (χ3n) is 4.21. The standard InChI is InChI=1S/C14H15FO/c15-13-4-2-1-3-11(13)14(16)12-8-9-5-6-10(12)7-9/h1-4,9-10,12H,5-8H2/t9-,10+,12-/m0/s1. The van der Waals surface area contributed by atoms with Crippen LogP contribution in [0.25, 0.3) is 0 Å². The van der Waals surface area contributed by atoms with Crippen LogP contribution in [0.2, 0.25) is 0 Å². The number of benzene rings is 1. The van der Waals surface area contributed by atoms with Crippen molar-refractivity contribution in [3.8, 4) is 0 Å². The minimum Gasteiger partial charge on any atom is -0.294 e. The van der Waals surface area contributed by atoms with Gasteiger partial charge < -0.3 is 0 Å². The Kier molecular flexibility index (Phi) is 2.31. The van der Waals surface area contributed by atoms with Crippen LogP contribution in [-0.2, 0) is 0 Å². The fraction of sp³-hybridized carbons (Fsp3) is 0.500. The van der Waals surface area contributed by atoms with Gasteiger partial charge >= 0.3 is 0 Å². The van der Waals surface area contributed by atoms with E-state index >= 15 is 0 Å². The zero-order valence-corrected chi connectivity index (χ0v) is 9.16. The molecule has 2 saturated carbocycles. The molecule has 0 unspecified atom stereocenters. The third kappa shape index (κ3) is 1.48. The van der Waals surface area contributed by atoms with E-state index in [9.17, 15) is 9.18 Å². The van der Waals surface area contributed by atoms with Crippen molar-refractivity contribution in [2.75, 3.05) is 0 Å². The van der Waals surface area contributed by atoms with Crippen LogP contribution < -0.4 is 0 Å². The van der Waals surface area contributed by atoms with Crippen molar-refractivity contribution in [3.05, 3.63) is 35.6 Å². The number of fused-ring (bicyclic) bond motifs is 2. The van der Waals surface area contributed by atoms with E-state index in [1.807, 2.05) is 0 Å². The normalized spacial score (nSPS) is 31.9. The van der Waals surface area contributed by atoms with Crippen molar-refractivity contribution in [1.82, 2.24) is 0 Å². The van der Waals surface area contributed by atoms with Crippen LogP contribution >= 0.6 is 0 Å². The van der Waals surface area contributed by atoms with Gasteiger partial charge in [0.25, 0.3) is 0 Å². The van der Waals surface area contributed by atoms with Crippen LogP contribution in [0, 0.1) is 23.6 Å². The Morgan fingerprint density at radius 3 is 2.62 bits per heavy atom. The number of carbonyl (C=O) groups is 1. The zero-order chi connectivity index (χ0) is 11.1. The van der Waals surface area contributed by atoms with Crippen molar-refractivity contribution in [3.63, 3.8) is 0 Å². The summed E-state index contributed by atoms with van der Waals surface area (Å²) in [5.74, 6) is 1.01. The molecule has 1 aromatic rings. The molecule has 0 heterocycles. The molecule has 3 atom stereocenters. The Morgan fingerprint density at radius 1 is 1.19 bits per heavy atom. The molecule has 2 aliphatic carbocycles. The molecule has 0 saturated heterocycles. The first-order chi connectivity index (χ1) is 7.75. The van der Waals surface area contributed by atoms with Gasteiger partial charge in [-0.05, 0) is 43.2 Å². The van der Waals surface area contributed by atoms with Gasteiger partial charge in [0.05, 0.1) is 5.56 Å². The number of rotatable bonds is 2. The molecule has 84 valence electrons. The van der Waals surface area contributed by atoms with E-state index in [0.29, 0.717) is 11.5 Å². The van der Waals surface area contributed by atoms with Gasteiger partial charge in [-0.3, -0.25) is 4.79 Å². The lowest BCUT2D eigenvalue weighted by Gasteiger charge is -2.20. The lowest BCUT2D eigenvalue weighted by molar-refractivity contribution is 0.0870. The fourth-order valence-electron chi connectivity index (χ4n) is 3.43. The van der Waals surface area contributed by atoms with Gasteiger partial charge in [0.15, 0.2) is 5.78 Å². The Hall–Kier alpha value is -1.18. The third-order valence-corrected chi connectivity index (χ3v) is 4.21. The highest BCUT2D eigenvalue weighted by Gasteiger charge is 2.43. The van der Waals surface area contributed by atoms with Crippen molar-refractivity contribution >= 4 is 5.78 Å². The lowest BCUT2D eigenvalue weighted by Crippen LogP contribution is -2.21. The largest absolute Gasteiger partial charge is 0.294 e. The average molecular weight is 218 g/mol. The van der Waals surface area contributed by atoms with Gasteiger partial charge in [0, 0.05) is 5.92 Å². The minimum atomic E-state index is -0.365. The Bertz CT molecular complexity index is 426. The molecule has 2 aliphatic rings. The summed E-state index contributed by atoms with van der Waals surface area (Å²) < 4.78 is 13.5.